The molecule has 2 unspecified atom stereocenters. The smallest absolute Gasteiger partial charge is 0.254 e. The second-order valence-corrected chi connectivity index (χ2v) is 6.30. The van der Waals surface area contributed by atoms with E-state index in [2.05, 4.69) is 6.92 Å². The number of carbonyl (C=O) groups excluding carboxylic acids is 1. The lowest BCUT2D eigenvalue weighted by molar-refractivity contribution is 0.0617. The Labute approximate surface area is 126 Å². The van der Waals surface area contributed by atoms with E-state index in [1.54, 1.807) is 6.07 Å². The lowest BCUT2D eigenvalue weighted by Crippen LogP contribution is -2.45. The molecule has 0 saturated carbocycles. The zero-order valence-corrected chi connectivity index (χ0v) is 13.1. The van der Waals surface area contributed by atoms with E-state index in [1.165, 1.54) is 12.1 Å². The summed E-state index contributed by atoms with van der Waals surface area (Å²) in [5.41, 5.74) is 6.33. The molecule has 1 aliphatic rings. The fourth-order valence-electron chi connectivity index (χ4n) is 2.47. The van der Waals surface area contributed by atoms with Gasteiger partial charge < -0.3 is 10.6 Å². The van der Waals surface area contributed by atoms with Gasteiger partial charge in [-0.2, -0.15) is 0 Å². The Morgan fingerprint density at radius 2 is 2.32 bits per heavy atom. The second-order valence-electron chi connectivity index (χ2n) is 5.14. The number of hydrogen-bond acceptors (Lipinski definition) is 2. The summed E-state index contributed by atoms with van der Waals surface area (Å²) in [5.74, 6) is 0.583. The van der Waals surface area contributed by atoms with Gasteiger partial charge in [0.05, 0.1) is 5.56 Å². The van der Waals surface area contributed by atoms with E-state index in [4.69, 9.17) is 5.73 Å². The Balaban J connectivity index is 2.15. The monoisotopic (exact) mass is 376 g/mol. The summed E-state index contributed by atoms with van der Waals surface area (Å²) in [5, 5.41) is 0. The van der Waals surface area contributed by atoms with E-state index in [9.17, 15) is 9.18 Å². The largest absolute Gasteiger partial charge is 0.338 e. The lowest BCUT2D eigenvalue weighted by atomic mass is 9.87. The van der Waals surface area contributed by atoms with E-state index >= 15 is 0 Å². The fraction of sp³-hybridized carbons (Fsp3) is 0.500. The summed E-state index contributed by atoms with van der Waals surface area (Å²) in [6.07, 6.45) is 0.978. The number of nitrogens with two attached hydrogens (primary N) is 1. The summed E-state index contributed by atoms with van der Waals surface area (Å²) in [6.45, 7) is 4.24. The Hall–Kier alpha value is -0.690. The number of hydrogen-bond donors (Lipinski definition) is 1. The van der Waals surface area contributed by atoms with Crippen LogP contribution in [-0.2, 0) is 0 Å². The third-order valence-corrected chi connectivity index (χ3v) is 4.76. The fourth-order valence-corrected chi connectivity index (χ4v) is 3.18. The van der Waals surface area contributed by atoms with E-state index in [-0.39, 0.29) is 11.7 Å². The quantitative estimate of drug-likeness (QED) is 0.807. The molecule has 0 aromatic heterocycles. The maximum absolute atomic E-state index is 13.1. The summed E-state index contributed by atoms with van der Waals surface area (Å²) in [4.78, 5) is 14.3. The van der Waals surface area contributed by atoms with Crippen LogP contribution in [0.15, 0.2) is 18.2 Å². The zero-order valence-electron chi connectivity index (χ0n) is 10.9. The average molecular weight is 376 g/mol. The molecule has 1 aromatic carbocycles. The molecule has 1 fully saturated rings. The first-order valence-electron chi connectivity index (χ1n) is 6.47. The molecule has 3 nitrogen and oxygen atoms in total. The van der Waals surface area contributed by atoms with Crippen molar-refractivity contribution in [2.75, 3.05) is 19.6 Å². The number of piperidine rings is 1. The molecule has 2 rings (SSSR count). The maximum Gasteiger partial charge on any atom is 0.254 e. The molecule has 2 N–H and O–H groups in total. The molecule has 1 aromatic rings. The van der Waals surface area contributed by atoms with E-state index in [1.807, 2.05) is 27.5 Å². The molecule has 0 spiro atoms. The van der Waals surface area contributed by atoms with Crippen molar-refractivity contribution >= 4 is 28.5 Å². The lowest BCUT2D eigenvalue weighted by Gasteiger charge is -2.36. The molecule has 0 aliphatic carbocycles. The van der Waals surface area contributed by atoms with Gasteiger partial charge in [0.15, 0.2) is 0 Å². The van der Waals surface area contributed by atoms with Crippen LogP contribution in [0.4, 0.5) is 4.39 Å². The third-order valence-electron chi connectivity index (χ3n) is 3.87. The third kappa shape index (κ3) is 3.25. The van der Waals surface area contributed by atoms with Crippen LogP contribution in [0.3, 0.4) is 0 Å². The highest BCUT2D eigenvalue weighted by Crippen LogP contribution is 2.24. The topological polar surface area (TPSA) is 46.3 Å². The van der Waals surface area contributed by atoms with E-state index < -0.39 is 0 Å². The van der Waals surface area contributed by atoms with Crippen LogP contribution in [-0.4, -0.2) is 30.4 Å². The van der Waals surface area contributed by atoms with Gasteiger partial charge in [-0.25, -0.2) is 4.39 Å². The predicted molar refractivity (Wildman–Crippen MR) is 81.3 cm³/mol. The molecule has 1 aliphatic heterocycles. The van der Waals surface area contributed by atoms with Gasteiger partial charge >= 0.3 is 0 Å². The number of benzene rings is 1. The predicted octanol–water partition coefficient (Wildman–Crippen LogP) is 2.49. The average Bonchev–Trinajstić information content (AvgIpc) is 2.38. The highest BCUT2D eigenvalue weighted by Gasteiger charge is 2.29. The molecule has 5 heteroatoms. The van der Waals surface area contributed by atoms with Crippen molar-refractivity contribution in [3.8, 4) is 0 Å². The van der Waals surface area contributed by atoms with Crippen molar-refractivity contribution in [2.24, 2.45) is 17.6 Å². The molecule has 19 heavy (non-hydrogen) atoms. The molecular weight excluding hydrogens is 358 g/mol. The summed E-state index contributed by atoms with van der Waals surface area (Å²) >= 11 is 2.00. The zero-order chi connectivity index (χ0) is 14.0. The standard InChI is InChI=1S/C14H18FIN2O/c1-9-4-5-18(8-10(9)7-17)14(19)12-3-2-11(15)6-13(12)16/h2-3,6,9-10H,4-5,7-8,17H2,1H3. The Morgan fingerprint density at radius 3 is 2.95 bits per heavy atom. The highest BCUT2D eigenvalue weighted by atomic mass is 127. The molecule has 1 heterocycles. The van der Waals surface area contributed by atoms with Crippen molar-refractivity contribution in [2.45, 2.75) is 13.3 Å². The van der Waals surface area contributed by atoms with Gasteiger partial charge in [0.25, 0.3) is 5.91 Å². The van der Waals surface area contributed by atoms with Crippen LogP contribution < -0.4 is 5.73 Å². The van der Waals surface area contributed by atoms with Crippen LogP contribution in [0.1, 0.15) is 23.7 Å². The molecular formula is C14H18FIN2O. The number of likely N-dealkylation sites (tertiary alicyclic amines) is 1. The van der Waals surface area contributed by atoms with Gasteiger partial charge in [-0.15, -0.1) is 0 Å². The summed E-state index contributed by atoms with van der Waals surface area (Å²) < 4.78 is 13.7. The van der Waals surface area contributed by atoms with Crippen LogP contribution in [0, 0.1) is 21.2 Å². The van der Waals surface area contributed by atoms with Gasteiger partial charge in [0.2, 0.25) is 0 Å². The first-order valence-corrected chi connectivity index (χ1v) is 7.55. The van der Waals surface area contributed by atoms with E-state index in [0.717, 1.165) is 13.0 Å². The second kappa shape index (κ2) is 6.17. The normalized spacial score (nSPS) is 23.5. The molecule has 0 bridgehead atoms. The van der Waals surface area contributed by atoms with Gasteiger partial charge in [-0.1, -0.05) is 6.92 Å². The van der Waals surface area contributed by atoms with Crippen LogP contribution in [0.2, 0.25) is 0 Å². The first-order chi connectivity index (χ1) is 9.02. The molecule has 0 radical (unpaired) electrons. The van der Waals surface area contributed by atoms with Gasteiger partial charge in [-0.05, 0) is 65.6 Å². The van der Waals surface area contributed by atoms with Gasteiger partial charge in [0, 0.05) is 16.7 Å². The Bertz CT molecular complexity index is 481. The number of rotatable bonds is 2. The van der Waals surface area contributed by atoms with Crippen LogP contribution >= 0.6 is 22.6 Å². The van der Waals surface area contributed by atoms with E-state index in [0.29, 0.717) is 34.1 Å². The Kier molecular flexibility index (Phi) is 4.78. The molecule has 1 amide bonds. The molecule has 104 valence electrons. The number of nitrogens with zero attached hydrogens (tertiary/aromatic N) is 1. The van der Waals surface area contributed by atoms with Gasteiger partial charge in [-0.3, -0.25) is 4.79 Å². The first kappa shape index (κ1) is 14.7. The molecule has 2 atom stereocenters. The maximum atomic E-state index is 13.1. The summed E-state index contributed by atoms with van der Waals surface area (Å²) in [7, 11) is 0. The van der Waals surface area contributed by atoms with Crippen LogP contribution in [0.5, 0.6) is 0 Å². The van der Waals surface area contributed by atoms with Crippen molar-refractivity contribution in [3.05, 3.63) is 33.1 Å². The van der Waals surface area contributed by atoms with Gasteiger partial charge in [0.1, 0.15) is 5.82 Å². The van der Waals surface area contributed by atoms with Crippen molar-refractivity contribution in [1.82, 2.24) is 4.90 Å². The van der Waals surface area contributed by atoms with Crippen molar-refractivity contribution in [1.29, 1.82) is 0 Å². The SMILES string of the molecule is CC1CCN(C(=O)c2ccc(F)cc2I)CC1CN. The van der Waals surface area contributed by atoms with Crippen LogP contribution in [0.25, 0.3) is 0 Å². The van der Waals surface area contributed by atoms with Crippen molar-refractivity contribution < 1.29 is 9.18 Å². The highest BCUT2D eigenvalue weighted by molar-refractivity contribution is 14.1. The molecule has 1 saturated heterocycles. The number of amides is 1. The Morgan fingerprint density at radius 1 is 1.58 bits per heavy atom. The minimum Gasteiger partial charge on any atom is -0.338 e. The number of halogens is 2. The number of carbonyl (C=O) groups is 1. The summed E-state index contributed by atoms with van der Waals surface area (Å²) in [6, 6.07) is 4.29. The van der Waals surface area contributed by atoms with Crippen molar-refractivity contribution in [3.63, 3.8) is 0 Å². The minimum absolute atomic E-state index is 0.0187. The minimum atomic E-state index is -0.312.